The first-order valence-corrected chi connectivity index (χ1v) is 11.4. The molecule has 28 heavy (non-hydrogen) atoms. The Balaban J connectivity index is 1.31. The molecule has 0 unspecified atom stereocenters. The zero-order chi connectivity index (χ0) is 19.5. The van der Waals surface area contributed by atoms with Crippen LogP contribution < -0.4 is 0 Å². The Morgan fingerprint density at radius 1 is 1.07 bits per heavy atom. The first-order chi connectivity index (χ1) is 13.6. The molecule has 0 spiro atoms. The van der Waals surface area contributed by atoms with Crippen LogP contribution in [0.2, 0.25) is 0 Å². The van der Waals surface area contributed by atoms with E-state index in [9.17, 15) is 4.79 Å². The second-order valence-electron chi connectivity index (χ2n) is 9.54. The molecule has 4 rings (SSSR count). The van der Waals surface area contributed by atoms with Crippen LogP contribution in [0.1, 0.15) is 76.9 Å². The summed E-state index contributed by atoms with van der Waals surface area (Å²) in [6.07, 6.45) is 10.4. The standard InChI is InChI=1S/C22H36N4O2/c1-16(2)14-20-23-21(28-24-20)15-25-12-9-17(10-13-25)19-6-4-3-5-11-26(19)22(27)18-7-8-18/h16-19H,3-15H2,1-2H3/t19-/m1/s1. The second-order valence-corrected chi connectivity index (χ2v) is 9.54. The van der Waals surface area contributed by atoms with Gasteiger partial charge in [0, 0.05) is 24.9 Å². The number of hydrogen-bond acceptors (Lipinski definition) is 5. The molecule has 2 saturated heterocycles. The summed E-state index contributed by atoms with van der Waals surface area (Å²) in [4.78, 5) is 22.1. The molecule has 156 valence electrons. The van der Waals surface area contributed by atoms with Crippen LogP contribution in [0.25, 0.3) is 0 Å². The molecule has 1 atom stereocenters. The van der Waals surface area contributed by atoms with Gasteiger partial charge in [-0.3, -0.25) is 9.69 Å². The number of hydrogen-bond donors (Lipinski definition) is 0. The number of likely N-dealkylation sites (tertiary alicyclic amines) is 2. The summed E-state index contributed by atoms with van der Waals surface area (Å²) >= 11 is 0. The van der Waals surface area contributed by atoms with Crippen LogP contribution in [0.5, 0.6) is 0 Å². The fraction of sp³-hybridized carbons (Fsp3) is 0.864. The van der Waals surface area contributed by atoms with Crippen LogP contribution >= 0.6 is 0 Å². The van der Waals surface area contributed by atoms with Crippen molar-refractivity contribution in [1.29, 1.82) is 0 Å². The summed E-state index contributed by atoms with van der Waals surface area (Å²) in [5.74, 6) is 3.57. The predicted molar refractivity (Wildman–Crippen MR) is 108 cm³/mol. The van der Waals surface area contributed by atoms with E-state index in [1.54, 1.807) is 0 Å². The Kier molecular flexibility index (Phi) is 6.34. The van der Waals surface area contributed by atoms with Crippen molar-refractivity contribution in [2.75, 3.05) is 19.6 Å². The third-order valence-corrected chi connectivity index (χ3v) is 6.65. The minimum absolute atomic E-state index is 0.346. The van der Waals surface area contributed by atoms with Crippen LogP contribution in [0.15, 0.2) is 4.52 Å². The van der Waals surface area contributed by atoms with E-state index >= 15 is 0 Å². The van der Waals surface area contributed by atoms with Crippen molar-refractivity contribution >= 4 is 5.91 Å². The maximum Gasteiger partial charge on any atom is 0.240 e. The Morgan fingerprint density at radius 2 is 1.86 bits per heavy atom. The van der Waals surface area contributed by atoms with Crippen molar-refractivity contribution in [2.24, 2.45) is 17.8 Å². The van der Waals surface area contributed by atoms with E-state index in [1.165, 1.54) is 38.5 Å². The fourth-order valence-corrected chi connectivity index (χ4v) is 4.95. The maximum atomic E-state index is 12.8. The minimum atomic E-state index is 0.346. The van der Waals surface area contributed by atoms with Gasteiger partial charge in [-0.1, -0.05) is 31.8 Å². The van der Waals surface area contributed by atoms with Gasteiger partial charge in [0.15, 0.2) is 5.82 Å². The quantitative estimate of drug-likeness (QED) is 0.744. The number of rotatable bonds is 6. The highest BCUT2D eigenvalue weighted by molar-refractivity contribution is 5.81. The van der Waals surface area contributed by atoms with Crippen LogP contribution in [0.4, 0.5) is 0 Å². The lowest BCUT2D eigenvalue weighted by Crippen LogP contribution is -2.48. The maximum absolute atomic E-state index is 12.8. The highest BCUT2D eigenvalue weighted by atomic mass is 16.5. The monoisotopic (exact) mass is 388 g/mol. The molecule has 0 aromatic carbocycles. The first-order valence-electron chi connectivity index (χ1n) is 11.4. The predicted octanol–water partition coefficient (Wildman–Crippen LogP) is 3.66. The Hall–Kier alpha value is -1.43. The number of aromatic nitrogens is 2. The van der Waals surface area contributed by atoms with E-state index in [1.807, 2.05) is 0 Å². The lowest BCUT2D eigenvalue weighted by molar-refractivity contribution is -0.136. The summed E-state index contributed by atoms with van der Waals surface area (Å²) < 4.78 is 5.45. The molecule has 1 aromatic rings. The van der Waals surface area contributed by atoms with Crippen molar-refractivity contribution in [3.8, 4) is 0 Å². The molecule has 6 nitrogen and oxygen atoms in total. The average Bonchev–Trinajstić information content (AvgIpc) is 3.47. The SMILES string of the molecule is CC(C)Cc1noc(CN2CCC([C@H]3CCCCCN3C(=O)C3CC3)CC2)n1. The van der Waals surface area contributed by atoms with Gasteiger partial charge in [0.1, 0.15) is 0 Å². The summed E-state index contributed by atoms with van der Waals surface area (Å²) in [5.41, 5.74) is 0. The van der Waals surface area contributed by atoms with Crippen molar-refractivity contribution < 1.29 is 9.32 Å². The normalized spacial score (nSPS) is 25.2. The van der Waals surface area contributed by atoms with Gasteiger partial charge in [-0.15, -0.1) is 0 Å². The molecular formula is C22H36N4O2. The molecule has 1 aliphatic carbocycles. The number of carbonyl (C=O) groups is 1. The molecular weight excluding hydrogens is 352 g/mol. The zero-order valence-corrected chi connectivity index (χ0v) is 17.6. The number of carbonyl (C=O) groups excluding carboxylic acids is 1. The minimum Gasteiger partial charge on any atom is -0.339 e. The molecule has 3 fully saturated rings. The van der Waals surface area contributed by atoms with E-state index in [0.717, 1.165) is 57.2 Å². The van der Waals surface area contributed by atoms with Crippen molar-refractivity contribution in [3.63, 3.8) is 0 Å². The van der Waals surface area contributed by atoms with Crippen LogP contribution in [0, 0.1) is 17.8 Å². The lowest BCUT2D eigenvalue weighted by Gasteiger charge is -2.40. The summed E-state index contributed by atoms with van der Waals surface area (Å²) in [7, 11) is 0. The Bertz CT molecular complexity index is 647. The number of amides is 1. The third-order valence-electron chi connectivity index (χ3n) is 6.65. The third kappa shape index (κ3) is 4.94. The summed E-state index contributed by atoms with van der Waals surface area (Å²) in [6.45, 7) is 8.22. The molecule has 1 amide bonds. The molecule has 2 aliphatic heterocycles. The fourth-order valence-electron chi connectivity index (χ4n) is 4.95. The van der Waals surface area contributed by atoms with Gasteiger partial charge in [0.2, 0.25) is 11.8 Å². The smallest absolute Gasteiger partial charge is 0.240 e. The van der Waals surface area contributed by atoms with E-state index in [0.29, 0.717) is 29.7 Å². The van der Waals surface area contributed by atoms with E-state index in [2.05, 4.69) is 33.8 Å². The summed E-state index contributed by atoms with van der Waals surface area (Å²) in [5, 5.41) is 4.12. The van der Waals surface area contributed by atoms with E-state index in [4.69, 9.17) is 4.52 Å². The molecule has 6 heteroatoms. The number of nitrogens with zero attached hydrogens (tertiary/aromatic N) is 4. The first kappa shape index (κ1) is 19.9. The molecule has 1 saturated carbocycles. The van der Waals surface area contributed by atoms with Crippen molar-refractivity contribution in [3.05, 3.63) is 11.7 Å². The van der Waals surface area contributed by atoms with Gasteiger partial charge >= 0.3 is 0 Å². The van der Waals surface area contributed by atoms with Crippen molar-refractivity contribution in [1.82, 2.24) is 19.9 Å². The van der Waals surface area contributed by atoms with Gasteiger partial charge in [-0.05, 0) is 63.5 Å². The van der Waals surface area contributed by atoms with Gasteiger partial charge in [0.25, 0.3) is 0 Å². The molecule has 0 N–H and O–H groups in total. The van der Waals surface area contributed by atoms with Crippen LogP contribution in [-0.2, 0) is 17.8 Å². The second kappa shape index (κ2) is 8.93. The molecule has 1 aromatic heterocycles. The molecule has 0 bridgehead atoms. The average molecular weight is 389 g/mol. The highest BCUT2D eigenvalue weighted by Gasteiger charge is 2.39. The van der Waals surface area contributed by atoms with Gasteiger partial charge in [0.05, 0.1) is 6.54 Å². The van der Waals surface area contributed by atoms with Gasteiger partial charge < -0.3 is 9.42 Å². The largest absolute Gasteiger partial charge is 0.339 e. The zero-order valence-electron chi connectivity index (χ0n) is 17.6. The Morgan fingerprint density at radius 3 is 2.57 bits per heavy atom. The van der Waals surface area contributed by atoms with Crippen LogP contribution in [-0.4, -0.2) is 51.5 Å². The summed E-state index contributed by atoms with van der Waals surface area (Å²) in [6, 6.07) is 0.471. The molecule has 3 aliphatic rings. The lowest BCUT2D eigenvalue weighted by atomic mass is 9.86. The molecule has 0 radical (unpaired) electrons. The van der Waals surface area contributed by atoms with Gasteiger partial charge in [-0.25, -0.2) is 0 Å². The topological polar surface area (TPSA) is 62.5 Å². The Labute approximate surface area is 169 Å². The molecule has 3 heterocycles. The van der Waals surface area contributed by atoms with Crippen molar-refractivity contribution in [2.45, 2.75) is 84.2 Å². The van der Waals surface area contributed by atoms with E-state index in [-0.39, 0.29) is 0 Å². The highest BCUT2D eigenvalue weighted by Crippen LogP contribution is 2.36. The van der Waals surface area contributed by atoms with Gasteiger partial charge in [-0.2, -0.15) is 4.98 Å². The van der Waals surface area contributed by atoms with E-state index < -0.39 is 0 Å². The number of piperidine rings is 1. The van der Waals surface area contributed by atoms with Crippen LogP contribution in [0.3, 0.4) is 0 Å².